The van der Waals surface area contributed by atoms with Crippen LogP contribution in [0.4, 0.5) is 10.5 Å². The molecule has 4 amide bonds. The van der Waals surface area contributed by atoms with Gasteiger partial charge in [0.25, 0.3) is 11.8 Å². The van der Waals surface area contributed by atoms with Crippen LogP contribution in [0.5, 0.6) is 0 Å². The van der Waals surface area contributed by atoms with Crippen molar-refractivity contribution in [1.82, 2.24) is 10.2 Å². The van der Waals surface area contributed by atoms with Gasteiger partial charge in [0.15, 0.2) is 0 Å². The summed E-state index contributed by atoms with van der Waals surface area (Å²) in [6.07, 6.45) is 0.477. The monoisotopic (exact) mass is 393 g/mol. The first-order valence-corrected chi connectivity index (χ1v) is 9.22. The Morgan fingerprint density at radius 2 is 1.72 bits per heavy atom. The van der Waals surface area contributed by atoms with Crippen molar-refractivity contribution in [2.24, 2.45) is 0 Å². The van der Waals surface area contributed by atoms with E-state index in [0.29, 0.717) is 18.7 Å². The number of hydrogen-bond acceptors (Lipinski definition) is 4. The number of nitrogens with zero attached hydrogens (tertiary/aromatic N) is 2. The number of carboxylic acids is 1. The van der Waals surface area contributed by atoms with Crippen molar-refractivity contribution in [1.29, 1.82) is 0 Å². The van der Waals surface area contributed by atoms with Gasteiger partial charge in [-0.15, -0.1) is 0 Å². The summed E-state index contributed by atoms with van der Waals surface area (Å²) < 4.78 is 0. The number of amides is 4. The average molecular weight is 393 g/mol. The molecule has 4 rings (SSSR count). The molecule has 2 aliphatic heterocycles. The van der Waals surface area contributed by atoms with Gasteiger partial charge in [0.2, 0.25) is 0 Å². The van der Waals surface area contributed by atoms with Crippen LogP contribution in [0, 0.1) is 0 Å². The van der Waals surface area contributed by atoms with Crippen molar-refractivity contribution in [2.75, 3.05) is 4.90 Å². The molecule has 29 heavy (non-hydrogen) atoms. The molecule has 1 fully saturated rings. The summed E-state index contributed by atoms with van der Waals surface area (Å²) in [7, 11) is 0. The normalized spacial score (nSPS) is 18.9. The molecule has 0 unspecified atom stereocenters. The molecule has 2 aromatic carbocycles. The van der Waals surface area contributed by atoms with E-state index in [1.165, 1.54) is 31.2 Å². The number of benzene rings is 2. The van der Waals surface area contributed by atoms with Crippen molar-refractivity contribution in [3.05, 3.63) is 65.2 Å². The van der Waals surface area contributed by atoms with Crippen LogP contribution in [0.2, 0.25) is 0 Å². The van der Waals surface area contributed by atoms with Gasteiger partial charge in [0.1, 0.15) is 12.1 Å². The summed E-state index contributed by atoms with van der Waals surface area (Å²) in [5.74, 6) is -1.97. The number of carboxylic acid groups (broad SMARTS) is 1. The predicted octanol–water partition coefficient (Wildman–Crippen LogP) is 1.78. The van der Waals surface area contributed by atoms with Crippen LogP contribution in [-0.2, 0) is 22.6 Å². The molecule has 0 saturated carbocycles. The third kappa shape index (κ3) is 3.22. The molecule has 148 valence electrons. The Kier molecular flexibility index (Phi) is 4.54. The third-order valence-corrected chi connectivity index (χ3v) is 5.30. The smallest absolute Gasteiger partial charge is 0.332 e. The zero-order valence-corrected chi connectivity index (χ0v) is 15.7. The summed E-state index contributed by atoms with van der Waals surface area (Å²) >= 11 is 0. The van der Waals surface area contributed by atoms with E-state index in [1.54, 1.807) is 4.90 Å². The van der Waals surface area contributed by atoms with Crippen LogP contribution in [0.25, 0.3) is 0 Å². The Balaban J connectivity index is 1.54. The van der Waals surface area contributed by atoms with E-state index in [0.717, 1.165) is 16.0 Å². The summed E-state index contributed by atoms with van der Waals surface area (Å²) in [4.78, 5) is 51.5. The first kappa shape index (κ1) is 18.7. The highest BCUT2D eigenvalue weighted by molar-refractivity contribution is 6.21. The van der Waals surface area contributed by atoms with E-state index in [4.69, 9.17) is 5.11 Å². The molecular weight excluding hydrogens is 374 g/mol. The zero-order chi connectivity index (χ0) is 20.7. The number of imide groups is 1. The van der Waals surface area contributed by atoms with E-state index < -0.39 is 24.0 Å². The van der Waals surface area contributed by atoms with Gasteiger partial charge >= 0.3 is 12.0 Å². The van der Waals surface area contributed by atoms with Gasteiger partial charge in [-0.3, -0.25) is 14.4 Å². The highest BCUT2D eigenvalue weighted by Crippen LogP contribution is 2.32. The van der Waals surface area contributed by atoms with Crippen LogP contribution < -0.4 is 10.2 Å². The fourth-order valence-corrected chi connectivity index (χ4v) is 3.66. The van der Waals surface area contributed by atoms with Crippen LogP contribution >= 0.6 is 0 Å². The summed E-state index contributed by atoms with van der Waals surface area (Å²) in [5.41, 5.74) is 2.72. The van der Waals surface area contributed by atoms with Gasteiger partial charge < -0.3 is 15.3 Å². The molecule has 1 saturated heterocycles. The molecule has 2 aromatic rings. The molecule has 2 N–H and O–H groups in total. The van der Waals surface area contributed by atoms with Crippen LogP contribution in [0.1, 0.15) is 28.4 Å². The Labute approximate surface area is 166 Å². The first-order chi connectivity index (χ1) is 13.9. The van der Waals surface area contributed by atoms with E-state index in [1.807, 2.05) is 24.3 Å². The first-order valence-electron chi connectivity index (χ1n) is 9.22. The van der Waals surface area contributed by atoms with Gasteiger partial charge in [0.05, 0.1) is 5.69 Å². The molecule has 0 radical (unpaired) electrons. The standard InChI is InChI=1S/C21H19N3O5/c1-12(20(27)28)22-18(25)13-6-8-16(9-7-13)24-19(26)17-10-14-4-2-3-5-15(14)11-23(17)21(24)29/h2-9,12,17H,10-11H2,1H3,(H,22,25)(H,27,28)/t12-,17+/m0/s1. The minimum atomic E-state index is -1.14. The number of anilines is 1. The molecule has 2 aliphatic rings. The second-order valence-corrected chi connectivity index (χ2v) is 7.15. The maximum atomic E-state index is 12.9. The van der Waals surface area contributed by atoms with Crippen LogP contribution in [0.15, 0.2) is 48.5 Å². The topological polar surface area (TPSA) is 107 Å². The molecule has 2 heterocycles. The Morgan fingerprint density at radius 3 is 2.38 bits per heavy atom. The molecule has 0 bridgehead atoms. The lowest BCUT2D eigenvalue weighted by molar-refractivity contribution is -0.138. The Bertz CT molecular complexity index is 974. The largest absolute Gasteiger partial charge is 0.480 e. The summed E-state index contributed by atoms with van der Waals surface area (Å²) in [6.45, 7) is 1.75. The maximum Gasteiger partial charge on any atom is 0.332 e. The van der Waals surface area contributed by atoms with Crippen molar-refractivity contribution in [3.63, 3.8) is 0 Å². The van der Waals surface area contributed by atoms with E-state index in [-0.39, 0.29) is 17.5 Å². The second kappa shape index (κ2) is 7.05. The number of fused-ring (bicyclic) bond motifs is 2. The lowest BCUT2D eigenvalue weighted by Gasteiger charge is -2.28. The molecule has 0 aliphatic carbocycles. The van der Waals surface area contributed by atoms with Crippen LogP contribution in [0.3, 0.4) is 0 Å². The third-order valence-electron chi connectivity index (χ3n) is 5.30. The number of hydrogen-bond donors (Lipinski definition) is 2. The minimum Gasteiger partial charge on any atom is -0.480 e. The van der Waals surface area contributed by atoms with Gasteiger partial charge in [-0.1, -0.05) is 24.3 Å². The lowest BCUT2D eigenvalue weighted by Crippen LogP contribution is -2.39. The highest BCUT2D eigenvalue weighted by atomic mass is 16.4. The van der Waals surface area contributed by atoms with Gasteiger partial charge in [-0.05, 0) is 42.3 Å². The quantitative estimate of drug-likeness (QED) is 0.770. The molecule has 8 heteroatoms. The molecule has 0 aromatic heterocycles. The van der Waals surface area contributed by atoms with E-state index in [2.05, 4.69) is 5.32 Å². The number of rotatable bonds is 4. The number of aliphatic carboxylic acids is 1. The second-order valence-electron chi connectivity index (χ2n) is 7.15. The molecule has 0 spiro atoms. The number of carbonyl (C=O) groups is 4. The summed E-state index contributed by atoms with van der Waals surface area (Å²) in [5, 5.41) is 11.2. The lowest BCUT2D eigenvalue weighted by atomic mass is 9.95. The molecular formula is C21H19N3O5. The maximum absolute atomic E-state index is 12.9. The minimum absolute atomic E-state index is 0.242. The van der Waals surface area contributed by atoms with Gasteiger partial charge in [0, 0.05) is 18.5 Å². The highest BCUT2D eigenvalue weighted by Gasteiger charge is 2.47. The SMILES string of the molecule is C[C@H](NC(=O)c1ccc(N2C(=O)[C@H]3Cc4ccccc4CN3C2=O)cc1)C(=O)O. The predicted molar refractivity (Wildman–Crippen MR) is 103 cm³/mol. The average Bonchev–Trinajstić information content (AvgIpc) is 2.96. The van der Waals surface area contributed by atoms with E-state index >= 15 is 0 Å². The van der Waals surface area contributed by atoms with Gasteiger partial charge in [-0.2, -0.15) is 0 Å². The number of nitrogens with one attached hydrogen (secondary N) is 1. The van der Waals surface area contributed by atoms with Crippen molar-refractivity contribution < 1.29 is 24.3 Å². The fourth-order valence-electron chi connectivity index (χ4n) is 3.66. The molecule has 2 atom stereocenters. The Hall–Kier alpha value is -3.68. The molecule has 8 nitrogen and oxygen atoms in total. The number of carbonyl (C=O) groups excluding carboxylic acids is 3. The van der Waals surface area contributed by atoms with Crippen molar-refractivity contribution >= 4 is 29.5 Å². The van der Waals surface area contributed by atoms with Crippen molar-refractivity contribution in [3.8, 4) is 0 Å². The fraction of sp³-hybridized carbons (Fsp3) is 0.238. The van der Waals surface area contributed by atoms with Gasteiger partial charge in [-0.25, -0.2) is 9.69 Å². The van der Waals surface area contributed by atoms with Crippen molar-refractivity contribution in [2.45, 2.75) is 32.0 Å². The summed E-state index contributed by atoms with van der Waals surface area (Å²) in [6, 6.07) is 11.8. The zero-order valence-electron chi connectivity index (χ0n) is 15.7. The number of urea groups is 1. The van der Waals surface area contributed by atoms with Crippen LogP contribution in [-0.4, -0.2) is 45.9 Å². The van der Waals surface area contributed by atoms with E-state index in [9.17, 15) is 19.2 Å². The Morgan fingerprint density at radius 1 is 1.07 bits per heavy atom.